The average Bonchev–Trinajstić information content (AvgIpc) is 3.42. The van der Waals surface area contributed by atoms with Crippen LogP contribution in [-0.2, 0) is 24.3 Å². The van der Waals surface area contributed by atoms with E-state index in [0.717, 1.165) is 56.6 Å². The van der Waals surface area contributed by atoms with Gasteiger partial charge in [-0.05, 0) is 57.1 Å². The summed E-state index contributed by atoms with van der Waals surface area (Å²) in [6, 6.07) is 5.19. The molecule has 0 aliphatic carbocycles. The monoisotopic (exact) mass is 573 g/mol. The number of aromatic nitrogens is 3. The Morgan fingerprint density at radius 1 is 1.38 bits per heavy atom. The number of guanidine groups is 1. The summed E-state index contributed by atoms with van der Waals surface area (Å²) in [5.41, 5.74) is 0. The molecule has 4 rings (SSSR count). The number of thiophene rings is 1. The van der Waals surface area contributed by atoms with Crippen molar-refractivity contribution in [1.29, 1.82) is 0 Å². The van der Waals surface area contributed by atoms with Crippen LogP contribution in [0.5, 0.6) is 0 Å². The molecule has 10 heteroatoms. The van der Waals surface area contributed by atoms with Crippen molar-refractivity contribution in [2.75, 3.05) is 33.8 Å². The van der Waals surface area contributed by atoms with E-state index in [2.05, 4.69) is 57.1 Å². The molecule has 2 aliphatic heterocycles. The van der Waals surface area contributed by atoms with Gasteiger partial charge >= 0.3 is 0 Å². The lowest BCUT2D eigenvalue weighted by atomic mass is 9.88. The van der Waals surface area contributed by atoms with Crippen LogP contribution in [0.25, 0.3) is 0 Å². The molecule has 178 valence electrons. The van der Waals surface area contributed by atoms with Gasteiger partial charge in [-0.3, -0.25) is 9.89 Å². The van der Waals surface area contributed by atoms with Crippen LogP contribution in [0.2, 0.25) is 0 Å². The lowest BCUT2D eigenvalue weighted by Gasteiger charge is -2.38. The molecule has 8 nitrogen and oxygen atoms in total. The largest absolute Gasteiger partial charge is 0.377 e. The van der Waals surface area contributed by atoms with Crippen LogP contribution in [0.15, 0.2) is 22.5 Å². The lowest BCUT2D eigenvalue weighted by molar-refractivity contribution is 0.128. The van der Waals surface area contributed by atoms with E-state index >= 15 is 0 Å². The zero-order valence-corrected chi connectivity index (χ0v) is 22.4. The number of likely N-dealkylation sites (tertiary alicyclic amines) is 1. The normalized spacial score (nSPS) is 24.0. The van der Waals surface area contributed by atoms with E-state index in [4.69, 9.17) is 9.73 Å². The van der Waals surface area contributed by atoms with Crippen LogP contribution < -0.4 is 10.6 Å². The topological polar surface area (TPSA) is 79.6 Å². The SMILES string of the molecule is CCNC(=NCC1CCCN(C)C1c1cccs1)NC1CCc2nc(COC)nn2C1.I. The lowest BCUT2D eigenvalue weighted by Crippen LogP contribution is -2.47. The molecule has 0 spiro atoms. The van der Waals surface area contributed by atoms with Crippen LogP contribution in [0.1, 0.15) is 48.8 Å². The fraction of sp³-hybridized carbons (Fsp3) is 0.682. The maximum absolute atomic E-state index is 5.18. The molecule has 3 atom stereocenters. The summed E-state index contributed by atoms with van der Waals surface area (Å²) in [5, 5.41) is 13.9. The van der Waals surface area contributed by atoms with Crippen molar-refractivity contribution in [3.63, 3.8) is 0 Å². The third-order valence-electron chi connectivity index (χ3n) is 6.19. The minimum Gasteiger partial charge on any atom is -0.377 e. The van der Waals surface area contributed by atoms with Gasteiger partial charge in [0, 0.05) is 43.6 Å². The second-order valence-corrected chi connectivity index (χ2v) is 9.48. The van der Waals surface area contributed by atoms with Gasteiger partial charge in [-0.15, -0.1) is 35.3 Å². The quantitative estimate of drug-likeness (QED) is 0.301. The number of aryl methyl sites for hydroxylation is 1. The van der Waals surface area contributed by atoms with Crippen molar-refractivity contribution >= 4 is 41.3 Å². The molecule has 3 unspecified atom stereocenters. The van der Waals surface area contributed by atoms with Gasteiger partial charge in [-0.2, -0.15) is 5.10 Å². The Balaban J connectivity index is 0.00000289. The van der Waals surface area contributed by atoms with Gasteiger partial charge in [0.2, 0.25) is 0 Å². The molecule has 1 fully saturated rings. The number of halogens is 1. The fourth-order valence-corrected chi connectivity index (χ4v) is 5.73. The summed E-state index contributed by atoms with van der Waals surface area (Å²) in [7, 11) is 3.93. The van der Waals surface area contributed by atoms with Crippen LogP contribution in [-0.4, -0.2) is 65.5 Å². The van der Waals surface area contributed by atoms with Crippen molar-refractivity contribution in [3.05, 3.63) is 34.0 Å². The van der Waals surface area contributed by atoms with E-state index in [1.165, 1.54) is 17.7 Å². The molecule has 0 radical (unpaired) electrons. The Morgan fingerprint density at radius 2 is 2.25 bits per heavy atom. The van der Waals surface area contributed by atoms with Gasteiger partial charge in [0.15, 0.2) is 11.8 Å². The molecule has 2 aliphatic rings. The average molecular weight is 574 g/mol. The number of ether oxygens (including phenoxy) is 1. The van der Waals surface area contributed by atoms with E-state index in [1.54, 1.807) is 7.11 Å². The van der Waals surface area contributed by atoms with Crippen LogP contribution in [0.3, 0.4) is 0 Å². The molecule has 4 heterocycles. The standard InChI is InChI=1S/C22H35N7OS.HI/c1-4-23-22(25-17-9-10-20-26-19(15-30-3)27-29(20)14-17)24-13-16-7-5-11-28(2)21(16)18-8-6-12-31-18;/h6,8,12,16-17,21H,4-5,7,9-11,13-15H2,1-3H3,(H2,23,24,25);1H. The van der Waals surface area contributed by atoms with Crippen molar-refractivity contribution in [3.8, 4) is 0 Å². The first-order valence-corrected chi connectivity index (χ1v) is 12.3. The third-order valence-corrected chi connectivity index (χ3v) is 7.13. The van der Waals surface area contributed by atoms with Crippen molar-refractivity contribution in [2.45, 2.75) is 57.8 Å². The highest BCUT2D eigenvalue weighted by molar-refractivity contribution is 14.0. The molecule has 2 N–H and O–H groups in total. The molecule has 32 heavy (non-hydrogen) atoms. The highest BCUT2D eigenvalue weighted by Gasteiger charge is 2.31. The Kier molecular flexibility index (Phi) is 9.75. The van der Waals surface area contributed by atoms with Gasteiger partial charge < -0.3 is 15.4 Å². The number of nitrogens with one attached hydrogen (secondary N) is 2. The summed E-state index contributed by atoms with van der Waals surface area (Å²) in [5.74, 6) is 3.26. The molecule has 2 aromatic heterocycles. The number of hydrogen-bond donors (Lipinski definition) is 2. The number of hydrogen-bond acceptors (Lipinski definition) is 6. The Hall–Kier alpha value is -1.24. The number of fused-ring (bicyclic) bond motifs is 1. The number of piperidine rings is 1. The summed E-state index contributed by atoms with van der Waals surface area (Å²) in [4.78, 5) is 13.6. The number of aliphatic imine (C=N–C) groups is 1. The second-order valence-electron chi connectivity index (χ2n) is 8.50. The van der Waals surface area contributed by atoms with Crippen LogP contribution in [0.4, 0.5) is 0 Å². The minimum atomic E-state index is 0. The zero-order chi connectivity index (χ0) is 21.6. The zero-order valence-electron chi connectivity index (χ0n) is 19.3. The Labute approximate surface area is 212 Å². The molecule has 0 saturated carbocycles. The summed E-state index contributed by atoms with van der Waals surface area (Å²) < 4.78 is 7.19. The highest BCUT2D eigenvalue weighted by Crippen LogP contribution is 2.37. The first kappa shape index (κ1) is 25.4. The summed E-state index contributed by atoms with van der Waals surface area (Å²) >= 11 is 1.86. The highest BCUT2D eigenvalue weighted by atomic mass is 127. The molecule has 2 aromatic rings. The van der Waals surface area contributed by atoms with Gasteiger partial charge in [0.1, 0.15) is 12.4 Å². The first-order chi connectivity index (χ1) is 15.2. The van der Waals surface area contributed by atoms with Crippen LogP contribution in [0, 0.1) is 5.92 Å². The molecule has 1 saturated heterocycles. The van der Waals surface area contributed by atoms with E-state index in [0.29, 0.717) is 24.6 Å². The number of rotatable bonds is 7. The van der Waals surface area contributed by atoms with Gasteiger partial charge in [-0.1, -0.05) is 6.07 Å². The van der Waals surface area contributed by atoms with E-state index in [9.17, 15) is 0 Å². The molecule has 0 aromatic carbocycles. The Bertz CT molecular complexity index is 857. The first-order valence-electron chi connectivity index (χ1n) is 11.4. The maximum Gasteiger partial charge on any atom is 0.191 e. The smallest absolute Gasteiger partial charge is 0.191 e. The predicted octanol–water partition coefficient (Wildman–Crippen LogP) is 3.06. The van der Waals surface area contributed by atoms with E-state index < -0.39 is 0 Å². The van der Waals surface area contributed by atoms with Gasteiger partial charge in [-0.25, -0.2) is 9.67 Å². The van der Waals surface area contributed by atoms with E-state index in [1.807, 2.05) is 16.0 Å². The number of methoxy groups -OCH3 is 1. The van der Waals surface area contributed by atoms with Crippen molar-refractivity contribution in [1.82, 2.24) is 30.3 Å². The molecular weight excluding hydrogens is 537 g/mol. The molecular formula is C22H36IN7OS. The minimum absolute atomic E-state index is 0. The van der Waals surface area contributed by atoms with Crippen LogP contribution >= 0.6 is 35.3 Å². The van der Waals surface area contributed by atoms with Gasteiger partial charge in [0.25, 0.3) is 0 Å². The predicted molar refractivity (Wildman–Crippen MR) is 140 cm³/mol. The maximum atomic E-state index is 5.18. The second kappa shape index (κ2) is 12.3. The van der Waals surface area contributed by atoms with E-state index in [-0.39, 0.29) is 24.0 Å². The fourth-order valence-electron chi connectivity index (χ4n) is 4.75. The van der Waals surface area contributed by atoms with Crippen molar-refractivity contribution in [2.24, 2.45) is 10.9 Å². The Morgan fingerprint density at radius 3 is 3.00 bits per heavy atom. The third kappa shape index (κ3) is 6.21. The molecule has 0 amide bonds. The number of nitrogens with zero attached hydrogens (tertiary/aromatic N) is 5. The summed E-state index contributed by atoms with van der Waals surface area (Å²) in [6.07, 6.45) is 4.41. The summed E-state index contributed by atoms with van der Waals surface area (Å²) in [6.45, 7) is 6.23. The molecule has 0 bridgehead atoms. The van der Waals surface area contributed by atoms with Crippen molar-refractivity contribution < 1.29 is 4.74 Å². The van der Waals surface area contributed by atoms with Gasteiger partial charge in [0.05, 0.1) is 6.54 Å².